The number of unbranched alkanes of at least 4 members (excludes halogenated alkanes) is 1. The quantitative estimate of drug-likeness (QED) is 0.446. The number of halogens is 1. The second-order valence-corrected chi connectivity index (χ2v) is 9.40. The summed E-state index contributed by atoms with van der Waals surface area (Å²) in [5, 5.41) is 12.7. The van der Waals surface area contributed by atoms with Crippen molar-refractivity contribution >= 4 is 74.3 Å². The summed E-state index contributed by atoms with van der Waals surface area (Å²) in [6, 6.07) is 7.27. The van der Waals surface area contributed by atoms with Gasteiger partial charge in [0, 0.05) is 24.4 Å². The molecule has 0 atom stereocenters. The number of nitrogens with zero attached hydrogens (tertiary/aromatic N) is 3. The highest BCUT2D eigenvalue weighted by molar-refractivity contribution is 8.26. The molecule has 1 aliphatic heterocycles. The van der Waals surface area contributed by atoms with Crippen LogP contribution >= 0.6 is 46.9 Å². The summed E-state index contributed by atoms with van der Waals surface area (Å²) < 4.78 is 0.430. The van der Waals surface area contributed by atoms with E-state index in [1.165, 1.54) is 28.0 Å². The van der Waals surface area contributed by atoms with E-state index in [-0.39, 0.29) is 24.8 Å². The number of carbonyl (C=O) groups is 2. The van der Waals surface area contributed by atoms with Crippen molar-refractivity contribution in [1.29, 1.82) is 0 Å². The molecule has 0 aliphatic carbocycles. The summed E-state index contributed by atoms with van der Waals surface area (Å²) >= 11 is 14.1. The molecule has 1 fully saturated rings. The molecule has 1 aliphatic rings. The lowest BCUT2D eigenvalue weighted by Crippen LogP contribution is -2.31. The number of aromatic nitrogens is 2. The van der Waals surface area contributed by atoms with Gasteiger partial charge in [-0.2, -0.15) is 0 Å². The van der Waals surface area contributed by atoms with Crippen LogP contribution in [0.25, 0.3) is 6.08 Å². The van der Waals surface area contributed by atoms with Crippen LogP contribution in [-0.2, 0) is 16.0 Å². The van der Waals surface area contributed by atoms with Gasteiger partial charge in [-0.05, 0) is 24.1 Å². The fourth-order valence-electron chi connectivity index (χ4n) is 2.55. The Kier molecular flexibility index (Phi) is 7.77. The van der Waals surface area contributed by atoms with E-state index in [2.05, 4.69) is 22.4 Å². The number of hydrogen-bond acceptors (Lipinski definition) is 7. The van der Waals surface area contributed by atoms with E-state index in [0.29, 0.717) is 19.4 Å². The van der Waals surface area contributed by atoms with E-state index in [4.69, 9.17) is 23.8 Å². The Morgan fingerprint density at radius 2 is 2.14 bits per heavy atom. The summed E-state index contributed by atoms with van der Waals surface area (Å²) in [6.45, 7) is 2.32. The van der Waals surface area contributed by atoms with Crippen LogP contribution < -0.4 is 5.32 Å². The molecule has 0 bridgehead atoms. The number of benzene rings is 1. The van der Waals surface area contributed by atoms with E-state index in [0.717, 1.165) is 29.8 Å². The molecule has 1 aromatic heterocycles. The maximum atomic E-state index is 12.7. The van der Waals surface area contributed by atoms with Crippen molar-refractivity contribution in [2.24, 2.45) is 0 Å². The summed E-state index contributed by atoms with van der Waals surface area (Å²) in [6.07, 6.45) is 4.82. The van der Waals surface area contributed by atoms with E-state index >= 15 is 0 Å². The van der Waals surface area contributed by atoms with E-state index in [1.807, 2.05) is 18.2 Å². The summed E-state index contributed by atoms with van der Waals surface area (Å²) in [5.74, 6) is -0.446. The second-order valence-electron chi connectivity index (χ2n) is 6.26. The number of thiocarbonyl (C=S) groups is 1. The van der Waals surface area contributed by atoms with Crippen molar-refractivity contribution < 1.29 is 9.59 Å². The molecule has 0 spiro atoms. The molecular weight excluding hydrogens is 448 g/mol. The Bertz CT molecular complexity index is 960. The third-order valence-electron chi connectivity index (χ3n) is 4.09. The van der Waals surface area contributed by atoms with Crippen LogP contribution in [0.5, 0.6) is 0 Å². The van der Waals surface area contributed by atoms with Gasteiger partial charge in [0.25, 0.3) is 5.91 Å². The number of nitrogens with one attached hydrogen (secondary N) is 1. The fraction of sp³-hybridized carbons (Fsp3) is 0.316. The van der Waals surface area contributed by atoms with Gasteiger partial charge >= 0.3 is 0 Å². The lowest BCUT2D eigenvalue weighted by molar-refractivity contribution is -0.122. The van der Waals surface area contributed by atoms with Crippen molar-refractivity contribution in [3.8, 4) is 0 Å². The van der Waals surface area contributed by atoms with E-state index in [9.17, 15) is 9.59 Å². The molecular formula is C19H19ClN4O2S3. The first-order chi connectivity index (χ1) is 14.0. The molecule has 1 saturated heterocycles. The van der Waals surface area contributed by atoms with Crippen molar-refractivity contribution in [3.63, 3.8) is 0 Å². The number of aryl methyl sites for hydroxylation is 1. The van der Waals surface area contributed by atoms with Gasteiger partial charge in [-0.1, -0.05) is 78.5 Å². The maximum absolute atomic E-state index is 12.7. The molecule has 29 heavy (non-hydrogen) atoms. The molecule has 1 N–H and O–H groups in total. The molecule has 0 radical (unpaired) electrons. The first-order valence-corrected chi connectivity index (χ1v) is 11.5. The Hall–Kier alpha value is -1.81. The summed E-state index contributed by atoms with van der Waals surface area (Å²) in [7, 11) is 0. The van der Waals surface area contributed by atoms with Crippen LogP contribution in [0.15, 0.2) is 29.2 Å². The molecule has 2 amide bonds. The number of carbonyl (C=O) groups excluding carboxylic acids is 2. The predicted molar refractivity (Wildman–Crippen MR) is 123 cm³/mol. The van der Waals surface area contributed by atoms with E-state index < -0.39 is 0 Å². The first kappa shape index (κ1) is 21.9. The molecule has 2 heterocycles. The Labute approximate surface area is 187 Å². The average molecular weight is 467 g/mol. The molecule has 1 aromatic carbocycles. The van der Waals surface area contributed by atoms with E-state index in [1.54, 1.807) is 12.1 Å². The topological polar surface area (TPSA) is 75.2 Å². The largest absolute Gasteiger partial charge is 0.300 e. The molecule has 2 aromatic rings. The number of rotatable bonds is 8. The Morgan fingerprint density at radius 1 is 1.34 bits per heavy atom. The standard InChI is InChI=1S/C19H19ClN4O2S3/c1-2-3-8-16-22-23-18(29-16)21-15(25)9-10-24-17(26)14(28-19(24)27)11-12-6-4-5-7-13(12)20/h4-7,11H,2-3,8-10H2,1H3,(H,21,23,25)/b14-11-. The summed E-state index contributed by atoms with van der Waals surface area (Å²) in [4.78, 5) is 26.8. The average Bonchev–Trinajstić information content (AvgIpc) is 3.24. The molecule has 6 nitrogen and oxygen atoms in total. The molecule has 152 valence electrons. The van der Waals surface area contributed by atoms with Gasteiger partial charge in [0.2, 0.25) is 11.0 Å². The lowest BCUT2D eigenvalue weighted by Gasteiger charge is -2.13. The summed E-state index contributed by atoms with van der Waals surface area (Å²) in [5.41, 5.74) is 0.752. The minimum Gasteiger partial charge on any atom is -0.300 e. The first-order valence-electron chi connectivity index (χ1n) is 9.10. The van der Waals surface area contributed by atoms with Crippen LogP contribution in [0.1, 0.15) is 36.8 Å². The second kappa shape index (κ2) is 10.3. The van der Waals surface area contributed by atoms with Crippen LogP contribution in [0, 0.1) is 0 Å². The van der Waals surface area contributed by atoms with Gasteiger partial charge in [0.1, 0.15) is 9.33 Å². The minimum atomic E-state index is -0.229. The number of hydrogen-bond donors (Lipinski definition) is 1. The highest BCUT2D eigenvalue weighted by Crippen LogP contribution is 2.33. The highest BCUT2D eigenvalue weighted by atomic mass is 35.5. The maximum Gasteiger partial charge on any atom is 0.266 e. The van der Waals surface area contributed by atoms with Crippen LogP contribution in [0.2, 0.25) is 5.02 Å². The lowest BCUT2D eigenvalue weighted by atomic mass is 10.2. The van der Waals surface area contributed by atoms with Gasteiger partial charge in [-0.3, -0.25) is 14.5 Å². The highest BCUT2D eigenvalue weighted by Gasteiger charge is 2.32. The van der Waals surface area contributed by atoms with Gasteiger partial charge in [0.15, 0.2) is 0 Å². The molecule has 0 unspecified atom stereocenters. The van der Waals surface area contributed by atoms with Crippen molar-refractivity contribution in [2.75, 3.05) is 11.9 Å². The molecule has 10 heteroatoms. The van der Waals surface area contributed by atoms with Gasteiger partial charge in [-0.25, -0.2) is 0 Å². The normalized spacial score (nSPS) is 15.4. The monoisotopic (exact) mass is 466 g/mol. The number of thioether (sulfide) groups is 1. The fourth-order valence-corrected chi connectivity index (χ4v) is 4.84. The van der Waals surface area contributed by atoms with Crippen molar-refractivity contribution in [3.05, 3.63) is 44.8 Å². The zero-order valence-electron chi connectivity index (χ0n) is 15.7. The Balaban J connectivity index is 1.55. The van der Waals surface area contributed by atoms with Crippen LogP contribution in [0.3, 0.4) is 0 Å². The van der Waals surface area contributed by atoms with Gasteiger partial charge < -0.3 is 5.32 Å². The van der Waals surface area contributed by atoms with Crippen LogP contribution in [-0.4, -0.2) is 37.8 Å². The SMILES string of the molecule is CCCCc1nnc(NC(=O)CCN2C(=O)/C(=C/c3ccccc3Cl)SC2=S)s1. The third-order valence-corrected chi connectivity index (χ3v) is 6.71. The number of anilines is 1. The molecule has 0 saturated carbocycles. The van der Waals surface area contributed by atoms with Crippen molar-refractivity contribution in [1.82, 2.24) is 15.1 Å². The van der Waals surface area contributed by atoms with Gasteiger partial charge in [0.05, 0.1) is 4.91 Å². The van der Waals surface area contributed by atoms with Crippen molar-refractivity contribution in [2.45, 2.75) is 32.6 Å². The van der Waals surface area contributed by atoms with Gasteiger partial charge in [-0.15, -0.1) is 10.2 Å². The third kappa shape index (κ3) is 5.85. The number of amides is 2. The predicted octanol–water partition coefficient (Wildman–Crippen LogP) is 4.76. The minimum absolute atomic E-state index is 0.121. The van der Waals surface area contributed by atoms with Crippen LogP contribution in [0.4, 0.5) is 5.13 Å². The smallest absolute Gasteiger partial charge is 0.266 e. The molecule has 3 rings (SSSR count). The zero-order valence-corrected chi connectivity index (χ0v) is 18.9. The Morgan fingerprint density at radius 3 is 2.90 bits per heavy atom. The zero-order chi connectivity index (χ0) is 20.8.